The van der Waals surface area contributed by atoms with Gasteiger partial charge in [-0.2, -0.15) is 0 Å². The number of hydrogen-bond acceptors (Lipinski definition) is 3. The van der Waals surface area contributed by atoms with E-state index in [0.29, 0.717) is 18.5 Å². The van der Waals surface area contributed by atoms with Crippen LogP contribution in [-0.4, -0.2) is 18.8 Å². The predicted molar refractivity (Wildman–Crippen MR) is 68.6 cm³/mol. The zero-order valence-electron chi connectivity index (χ0n) is 10.4. The zero-order chi connectivity index (χ0) is 13.0. The Morgan fingerprint density at radius 1 is 1.28 bits per heavy atom. The number of benzene rings is 1. The molecule has 1 aliphatic carbocycles. The highest BCUT2D eigenvalue weighted by molar-refractivity contribution is 6.07. The molecule has 1 saturated carbocycles. The zero-order valence-corrected chi connectivity index (χ0v) is 10.4. The van der Waals surface area contributed by atoms with Crippen LogP contribution in [0.5, 0.6) is 5.75 Å². The minimum atomic E-state index is -0.471. The molecule has 18 heavy (non-hydrogen) atoms. The Balaban J connectivity index is 1.99. The van der Waals surface area contributed by atoms with Crippen molar-refractivity contribution in [3.63, 3.8) is 0 Å². The number of nitrogens with one attached hydrogen (secondary N) is 1. The van der Waals surface area contributed by atoms with Crippen LogP contribution in [0.3, 0.4) is 0 Å². The number of carbonyl (C=O) groups excluding carboxylic acids is 2. The lowest BCUT2D eigenvalue weighted by atomic mass is 9.87. The van der Waals surface area contributed by atoms with Gasteiger partial charge in [0.2, 0.25) is 5.91 Å². The van der Waals surface area contributed by atoms with Crippen LogP contribution in [0.25, 0.3) is 0 Å². The van der Waals surface area contributed by atoms with Crippen molar-refractivity contribution in [2.24, 2.45) is 5.92 Å². The quantitative estimate of drug-likeness (QED) is 0.834. The fourth-order valence-electron chi connectivity index (χ4n) is 2.16. The van der Waals surface area contributed by atoms with Gasteiger partial charge < -0.3 is 10.1 Å². The van der Waals surface area contributed by atoms with E-state index in [1.165, 1.54) is 0 Å². The van der Waals surface area contributed by atoms with Gasteiger partial charge in [0.05, 0.1) is 13.0 Å². The van der Waals surface area contributed by atoms with E-state index in [1.807, 2.05) is 0 Å². The van der Waals surface area contributed by atoms with Crippen molar-refractivity contribution in [1.29, 1.82) is 0 Å². The molecule has 1 amide bonds. The number of carbonyl (C=O) groups is 2. The normalized spacial score (nSPS) is 19.4. The minimum Gasteiger partial charge on any atom is -0.497 e. The molecule has 0 spiro atoms. The highest BCUT2D eigenvalue weighted by atomic mass is 16.5. The smallest absolute Gasteiger partial charge is 0.234 e. The Hall–Kier alpha value is -1.84. The molecular weight excluding hydrogens is 230 g/mol. The molecule has 1 fully saturated rings. The third kappa shape index (κ3) is 2.88. The lowest BCUT2D eigenvalue weighted by Gasteiger charge is -2.19. The molecule has 96 valence electrons. The van der Waals surface area contributed by atoms with Gasteiger partial charge in [-0.3, -0.25) is 9.59 Å². The number of ether oxygens (including phenoxy) is 1. The summed E-state index contributed by atoms with van der Waals surface area (Å²) in [5, 5.41) is 2.78. The number of methoxy groups -OCH3 is 1. The molecular formula is C14H17NO3. The molecule has 4 heteroatoms. The molecule has 1 aliphatic rings. The predicted octanol–water partition coefficient (Wildman–Crippen LogP) is 2.39. The third-order valence-corrected chi connectivity index (χ3v) is 3.23. The van der Waals surface area contributed by atoms with Crippen LogP contribution < -0.4 is 10.1 Å². The standard InChI is InChI=1S/C14H17NO3/c1-18-11-8-6-10(7-9-11)15-14(17)12-4-2-3-5-13(12)16/h6-9,12H,2-5H2,1H3,(H,15,17). The molecule has 0 radical (unpaired) electrons. The van der Waals surface area contributed by atoms with E-state index in [-0.39, 0.29) is 11.7 Å². The van der Waals surface area contributed by atoms with Gasteiger partial charge in [0.25, 0.3) is 0 Å². The van der Waals surface area contributed by atoms with E-state index in [9.17, 15) is 9.59 Å². The lowest BCUT2D eigenvalue weighted by Crippen LogP contribution is -2.31. The molecule has 0 bridgehead atoms. The van der Waals surface area contributed by atoms with Crippen molar-refractivity contribution in [2.75, 3.05) is 12.4 Å². The molecule has 4 nitrogen and oxygen atoms in total. The summed E-state index contributed by atoms with van der Waals surface area (Å²) in [6.07, 6.45) is 3.05. The van der Waals surface area contributed by atoms with Gasteiger partial charge in [-0.25, -0.2) is 0 Å². The molecule has 0 aliphatic heterocycles. The fraction of sp³-hybridized carbons (Fsp3) is 0.429. The van der Waals surface area contributed by atoms with E-state index in [4.69, 9.17) is 4.74 Å². The van der Waals surface area contributed by atoms with Gasteiger partial charge in [0.1, 0.15) is 11.5 Å². The van der Waals surface area contributed by atoms with Crippen LogP contribution >= 0.6 is 0 Å². The van der Waals surface area contributed by atoms with Crippen molar-refractivity contribution in [3.05, 3.63) is 24.3 Å². The first-order valence-electron chi connectivity index (χ1n) is 6.18. The van der Waals surface area contributed by atoms with Crippen LogP contribution in [0.2, 0.25) is 0 Å². The number of Topliss-reactive ketones (excluding diaryl/α,β-unsaturated/α-hetero) is 1. The first-order valence-corrected chi connectivity index (χ1v) is 6.18. The summed E-state index contributed by atoms with van der Waals surface area (Å²) in [4.78, 5) is 23.6. The highest BCUT2D eigenvalue weighted by Gasteiger charge is 2.28. The van der Waals surface area contributed by atoms with Crippen LogP contribution in [0.15, 0.2) is 24.3 Å². The van der Waals surface area contributed by atoms with Crippen molar-refractivity contribution in [2.45, 2.75) is 25.7 Å². The molecule has 0 aromatic heterocycles. The largest absolute Gasteiger partial charge is 0.497 e. The number of ketones is 1. The average Bonchev–Trinajstić information content (AvgIpc) is 2.40. The molecule has 0 saturated heterocycles. The van der Waals surface area contributed by atoms with Gasteiger partial charge in [0.15, 0.2) is 0 Å². The van der Waals surface area contributed by atoms with E-state index in [0.717, 1.165) is 18.6 Å². The summed E-state index contributed by atoms with van der Waals surface area (Å²) in [5.41, 5.74) is 0.694. The first-order chi connectivity index (χ1) is 8.70. The van der Waals surface area contributed by atoms with Crippen LogP contribution in [0.4, 0.5) is 5.69 Å². The molecule has 2 rings (SSSR count). The summed E-state index contributed by atoms with van der Waals surface area (Å²) in [5.74, 6) is 0.139. The second kappa shape index (κ2) is 5.67. The van der Waals surface area contributed by atoms with Gasteiger partial charge in [-0.1, -0.05) is 6.42 Å². The Labute approximate surface area is 106 Å². The van der Waals surface area contributed by atoms with Gasteiger partial charge in [-0.15, -0.1) is 0 Å². The summed E-state index contributed by atoms with van der Waals surface area (Å²) < 4.78 is 5.04. The summed E-state index contributed by atoms with van der Waals surface area (Å²) in [6.45, 7) is 0. The Kier molecular flexibility index (Phi) is 3.97. The fourth-order valence-corrected chi connectivity index (χ4v) is 2.16. The number of hydrogen-bond donors (Lipinski definition) is 1. The monoisotopic (exact) mass is 247 g/mol. The van der Waals surface area contributed by atoms with Crippen molar-refractivity contribution in [3.8, 4) is 5.75 Å². The Bertz CT molecular complexity index is 439. The average molecular weight is 247 g/mol. The van der Waals surface area contributed by atoms with Crippen LogP contribution in [-0.2, 0) is 9.59 Å². The maximum Gasteiger partial charge on any atom is 0.234 e. The van der Waals surface area contributed by atoms with Gasteiger partial charge >= 0.3 is 0 Å². The van der Waals surface area contributed by atoms with E-state index < -0.39 is 5.92 Å². The van der Waals surface area contributed by atoms with E-state index in [2.05, 4.69) is 5.32 Å². The molecule has 0 heterocycles. The van der Waals surface area contributed by atoms with Gasteiger partial charge in [0, 0.05) is 12.1 Å². The molecule has 1 N–H and O–H groups in total. The summed E-state index contributed by atoms with van der Waals surface area (Å²) in [7, 11) is 1.59. The maximum absolute atomic E-state index is 12.0. The Morgan fingerprint density at radius 3 is 2.61 bits per heavy atom. The minimum absolute atomic E-state index is 0.0623. The number of rotatable bonds is 3. The summed E-state index contributed by atoms with van der Waals surface area (Å²) >= 11 is 0. The van der Waals surface area contributed by atoms with Crippen molar-refractivity contribution < 1.29 is 14.3 Å². The van der Waals surface area contributed by atoms with Crippen molar-refractivity contribution in [1.82, 2.24) is 0 Å². The van der Waals surface area contributed by atoms with E-state index >= 15 is 0 Å². The molecule has 1 aromatic rings. The Morgan fingerprint density at radius 2 is 2.00 bits per heavy atom. The SMILES string of the molecule is COc1ccc(NC(=O)C2CCCCC2=O)cc1. The van der Waals surface area contributed by atoms with Gasteiger partial charge in [-0.05, 0) is 37.1 Å². The second-order valence-corrected chi connectivity index (χ2v) is 4.48. The number of amides is 1. The topological polar surface area (TPSA) is 55.4 Å². The molecule has 1 unspecified atom stereocenters. The first kappa shape index (κ1) is 12.6. The molecule has 1 aromatic carbocycles. The second-order valence-electron chi connectivity index (χ2n) is 4.48. The van der Waals surface area contributed by atoms with Crippen LogP contribution in [0, 0.1) is 5.92 Å². The summed E-state index contributed by atoms with van der Waals surface area (Å²) in [6, 6.07) is 7.09. The molecule has 1 atom stereocenters. The van der Waals surface area contributed by atoms with Crippen molar-refractivity contribution >= 4 is 17.4 Å². The van der Waals surface area contributed by atoms with E-state index in [1.54, 1.807) is 31.4 Å². The van der Waals surface area contributed by atoms with Crippen LogP contribution in [0.1, 0.15) is 25.7 Å². The maximum atomic E-state index is 12.0. The number of anilines is 1. The third-order valence-electron chi connectivity index (χ3n) is 3.23. The lowest BCUT2D eigenvalue weighted by molar-refractivity contribution is -0.132. The highest BCUT2D eigenvalue weighted by Crippen LogP contribution is 2.22.